The molecule has 258 valence electrons. The van der Waals surface area contributed by atoms with Gasteiger partial charge < -0.3 is 14.2 Å². The van der Waals surface area contributed by atoms with E-state index in [1.807, 2.05) is 30.5 Å². The molecule has 0 spiro atoms. The molecule has 0 saturated carbocycles. The summed E-state index contributed by atoms with van der Waals surface area (Å²) in [7, 11) is 0. The van der Waals surface area contributed by atoms with Crippen molar-refractivity contribution in [3.8, 4) is 39.6 Å². The Labute approximate surface area is 315 Å². The molecule has 1 aliphatic heterocycles. The molecule has 9 aromatic rings. The predicted molar refractivity (Wildman–Crippen MR) is 223 cm³/mol. The molecule has 0 bridgehead atoms. The monoisotopic (exact) mass is 695 g/mol. The van der Waals surface area contributed by atoms with Crippen molar-refractivity contribution >= 4 is 38.9 Å². The lowest BCUT2D eigenvalue weighted by molar-refractivity contribution is 0.418. The van der Waals surface area contributed by atoms with Crippen LogP contribution in [0.1, 0.15) is 25.0 Å². The third-order valence-electron chi connectivity index (χ3n) is 10.9. The van der Waals surface area contributed by atoms with Crippen molar-refractivity contribution in [1.29, 1.82) is 0 Å². The topological polar surface area (TPSA) is 30.3 Å². The van der Waals surface area contributed by atoms with Gasteiger partial charge in [0.1, 0.15) is 11.5 Å². The molecule has 4 heteroatoms. The summed E-state index contributed by atoms with van der Waals surface area (Å²) < 4.78 is 8.95. The van der Waals surface area contributed by atoms with Crippen LogP contribution in [0.4, 0.5) is 17.1 Å². The predicted octanol–water partition coefficient (Wildman–Crippen LogP) is 13.4. The van der Waals surface area contributed by atoms with Gasteiger partial charge in [-0.1, -0.05) is 111 Å². The molecular weight excluding hydrogens is 659 g/mol. The summed E-state index contributed by atoms with van der Waals surface area (Å²) >= 11 is 0. The van der Waals surface area contributed by atoms with Crippen LogP contribution in [0.15, 0.2) is 188 Å². The third-order valence-corrected chi connectivity index (χ3v) is 10.9. The second kappa shape index (κ2) is 12.6. The highest BCUT2D eigenvalue weighted by atomic mass is 16.5. The van der Waals surface area contributed by atoms with Gasteiger partial charge in [0.2, 0.25) is 0 Å². The number of para-hydroxylation sites is 3. The van der Waals surface area contributed by atoms with Crippen molar-refractivity contribution in [2.75, 3.05) is 4.90 Å². The van der Waals surface area contributed by atoms with Crippen LogP contribution in [0.25, 0.3) is 49.9 Å². The van der Waals surface area contributed by atoms with E-state index < -0.39 is 0 Å². The van der Waals surface area contributed by atoms with E-state index in [4.69, 9.17) is 4.74 Å². The highest BCUT2D eigenvalue weighted by Gasteiger charge is 2.34. The highest BCUT2D eigenvalue weighted by Crippen LogP contribution is 2.50. The zero-order valence-electron chi connectivity index (χ0n) is 30.1. The molecule has 0 N–H and O–H groups in total. The molecule has 4 nitrogen and oxygen atoms in total. The van der Waals surface area contributed by atoms with Crippen molar-refractivity contribution in [3.63, 3.8) is 0 Å². The fraction of sp³-hybridized carbons (Fsp3) is 0.0600. The van der Waals surface area contributed by atoms with Crippen molar-refractivity contribution in [2.24, 2.45) is 0 Å². The maximum Gasteiger partial charge on any atom is 0.133 e. The van der Waals surface area contributed by atoms with Gasteiger partial charge >= 0.3 is 0 Å². The number of hydrogen-bond donors (Lipinski definition) is 0. The molecule has 0 amide bonds. The summed E-state index contributed by atoms with van der Waals surface area (Å²) in [6, 6.07) is 64.7. The lowest BCUT2D eigenvalue weighted by Gasteiger charge is -2.35. The number of fused-ring (bicyclic) bond motifs is 5. The van der Waals surface area contributed by atoms with Crippen LogP contribution >= 0.6 is 0 Å². The Balaban J connectivity index is 1.06. The van der Waals surface area contributed by atoms with Gasteiger partial charge in [-0.3, -0.25) is 4.98 Å². The fourth-order valence-corrected chi connectivity index (χ4v) is 8.16. The van der Waals surface area contributed by atoms with Crippen LogP contribution in [0.3, 0.4) is 0 Å². The average Bonchev–Trinajstić information content (AvgIpc) is 3.56. The van der Waals surface area contributed by atoms with Crippen LogP contribution in [0, 0.1) is 0 Å². The second-order valence-electron chi connectivity index (χ2n) is 14.5. The number of anilines is 3. The number of rotatable bonds is 6. The third kappa shape index (κ3) is 5.26. The van der Waals surface area contributed by atoms with Crippen molar-refractivity contribution in [3.05, 3.63) is 199 Å². The molecule has 3 heterocycles. The van der Waals surface area contributed by atoms with Crippen molar-refractivity contribution in [2.45, 2.75) is 19.3 Å². The van der Waals surface area contributed by atoms with Gasteiger partial charge in [0.25, 0.3) is 0 Å². The van der Waals surface area contributed by atoms with E-state index in [2.05, 4.69) is 186 Å². The van der Waals surface area contributed by atoms with E-state index >= 15 is 0 Å². The first-order valence-electron chi connectivity index (χ1n) is 18.5. The van der Waals surface area contributed by atoms with Crippen LogP contribution in [-0.2, 0) is 5.41 Å². The van der Waals surface area contributed by atoms with Gasteiger partial charge in [0, 0.05) is 67.9 Å². The fourth-order valence-electron chi connectivity index (χ4n) is 8.16. The average molecular weight is 696 g/mol. The van der Waals surface area contributed by atoms with E-state index in [-0.39, 0.29) is 5.41 Å². The summed E-state index contributed by atoms with van der Waals surface area (Å²) in [5.74, 6) is 1.79. The van der Waals surface area contributed by atoms with Gasteiger partial charge in [-0.05, 0) is 90.0 Å². The minimum Gasteiger partial charge on any atom is -0.457 e. The van der Waals surface area contributed by atoms with E-state index in [1.165, 1.54) is 38.5 Å². The molecule has 1 aliphatic rings. The summed E-state index contributed by atoms with van der Waals surface area (Å²) in [6.45, 7) is 4.55. The van der Waals surface area contributed by atoms with Gasteiger partial charge in [0.05, 0.1) is 16.7 Å². The molecule has 0 saturated heterocycles. The molecule has 0 fully saturated rings. The first-order valence-corrected chi connectivity index (χ1v) is 18.5. The minimum atomic E-state index is -0.186. The Bertz CT molecular complexity index is 2800. The summed E-state index contributed by atoms with van der Waals surface area (Å²) in [4.78, 5) is 6.88. The van der Waals surface area contributed by atoms with Gasteiger partial charge in [-0.25, -0.2) is 0 Å². The van der Waals surface area contributed by atoms with E-state index in [9.17, 15) is 0 Å². The molecule has 0 atom stereocenters. The summed E-state index contributed by atoms with van der Waals surface area (Å²) in [5, 5.41) is 2.49. The Morgan fingerprint density at radius 2 is 1.11 bits per heavy atom. The molecule has 7 aromatic carbocycles. The van der Waals surface area contributed by atoms with Crippen LogP contribution in [0.2, 0.25) is 0 Å². The number of pyridine rings is 1. The van der Waals surface area contributed by atoms with Crippen LogP contribution < -0.4 is 9.64 Å². The number of hydrogen-bond acceptors (Lipinski definition) is 3. The number of nitrogens with zero attached hydrogens (tertiary/aromatic N) is 3. The molecular formula is C50H37N3O. The van der Waals surface area contributed by atoms with Crippen LogP contribution in [0.5, 0.6) is 11.5 Å². The lowest BCUT2D eigenvalue weighted by atomic mass is 9.76. The standard InChI is InChI=1S/C50H37N3O/c1-50(2)43-15-7-9-18-48(43)54-49-33-40(28-29-44(49)50)52(39-26-21-35(22-27-39)45-16-10-11-31-51-45)38-24-19-34(20-25-38)36-23-30-47-42(32-36)41-14-6-8-17-46(41)53(47)37-12-4-3-5-13-37/h3-33H,1-2H3. The Kier molecular flexibility index (Phi) is 7.44. The highest BCUT2D eigenvalue weighted by molar-refractivity contribution is 6.10. The van der Waals surface area contributed by atoms with E-state index in [0.717, 1.165) is 51.1 Å². The first-order chi connectivity index (χ1) is 26.5. The molecule has 54 heavy (non-hydrogen) atoms. The number of aromatic nitrogens is 2. The summed E-state index contributed by atoms with van der Waals surface area (Å²) in [6.07, 6.45) is 1.84. The number of ether oxygens (including phenoxy) is 1. The van der Waals surface area contributed by atoms with Crippen molar-refractivity contribution in [1.82, 2.24) is 9.55 Å². The SMILES string of the molecule is CC1(C)c2ccccc2Oc2cc(N(c3ccc(-c4ccc5c(c4)c4ccccc4n5-c4ccccc4)cc3)c3ccc(-c4ccccn4)cc3)ccc21. The second-order valence-corrected chi connectivity index (χ2v) is 14.5. The minimum absolute atomic E-state index is 0.186. The Morgan fingerprint density at radius 1 is 0.481 bits per heavy atom. The van der Waals surface area contributed by atoms with Crippen LogP contribution in [-0.4, -0.2) is 9.55 Å². The smallest absolute Gasteiger partial charge is 0.133 e. The number of benzene rings is 7. The Hall–Kier alpha value is -6.91. The zero-order valence-corrected chi connectivity index (χ0v) is 30.1. The summed E-state index contributed by atoms with van der Waals surface area (Å²) in [5.41, 5.74) is 13.3. The van der Waals surface area contributed by atoms with Gasteiger partial charge in [0.15, 0.2) is 0 Å². The van der Waals surface area contributed by atoms with E-state index in [1.54, 1.807) is 0 Å². The lowest BCUT2D eigenvalue weighted by Crippen LogP contribution is -2.24. The molecule has 0 aliphatic carbocycles. The first kappa shape index (κ1) is 31.8. The molecule has 0 unspecified atom stereocenters. The van der Waals surface area contributed by atoms with Gasteiger partial charge in [-0.2, -0.15) is 0 Å². The maximum atomic E-state index is 6.59. The zero-order chi connectivity index (χ0) is 36.2. The molecule has 0 radical (unpaired) electrons. The van der Waals surface area contributed by atoms with Crippen molar-refractivity contribution < 1.29 is 4.74 Å². The maximum absolute atomic E-state index is 6.59. The largest absolute Gasteiger partial charge is 0.457 e. The Morgan fingerprint density at radius 3 is 1.89 bits per heavy atom. The van der Waals surface area contributed by atoms with E-state index in [0.29, 0.717) is 0 Å². The normalized spacial score (nSPS) is 12.9. The quantitative estimate of drug-likeness (QED) is 0.173. The molecule has 2 aromatic heterocycles. The molecule has 10 rings (SSSR count). The van der Waals surface area contributed by atoms with Gasteiger partial charge in [-0.15, -0.1) is 0 Å².